The summed E-state index contributed by atoms with van der Waals surface area (Å²) in [4.78, 5) is 0. The molecular formula is C13H11Br2ClN2O. The maximum Gasteiger partial charge on any atom is 0.214 e. The van der Waals surface area contributed by atoms with Crippen LogP contribution in [0.4, 0.5) is 5.69 Å². The van der Waals surface area contributed by atoms with Gasteiger partial charge in [0, 0.05) is 5.02 Å². The van der Waals surface area contributed by atoms with Crippen molar-refractivity contribution in [2.45, 2.75) is 13.5 Å². The van der Waals surface area contributed by atoms with Crippen LogP contribution < -0.4 is 10.1 Å². The lowest BCUT2D eigenvalue weighted by Gasteiger charge is -2.23. The molecular weight excluding hydrogens is 395 g/mol. The summed E-state index contributed by atoms with van der Waals surface area (Å²) < 4.78 is 9.84. The van der Waals surface area contributed by atoms with Crippen LogP contribution in [0.2, 0.25) is 5.02 Å². The first-order valence-corrected chi connectivity index (χ1v) is 7.85. The van der Waals surface area contributed by atoms with Crippen LogP contribution in [0.1, 0.15) is 12.6 Å². The van der Waals surface area contributed by atoms with Gasteiger partial charge in [0.15, 0.2) is 0 Å². The zero-order chi connectivity index (χ0) is 13.6. The van der Waals surface area contributed by atoms with E-state index in [-0.39, 0.29) is 0 Å². The van der Waals surface area contributed by atoms with Crippen LogP contribution in [-0.4, -0.2) is 11.2 Å². The van der Waals surface area contributed by atoms with E-state index in [0.717, 1.165) is 43.5 Å². The summed E-state index contributed by atoms with van der Waals surface area (Å²) in [7, 11) is 0. The third kappa shape index (κ3) is 2.08. The molecule has 100 valence electrons. The first kappa shape index (κ1) is 13.3. The van der Waals surface area contributed by atoms with Crippen LogP contribution in [0, 0.1) is 0 Å². The molecule has 0 atom stereocenters. The Labute approximate surface area is 133 Å². The summed E-state index contributed by atoms with van der Waals surface area (Å²) in [5.74, 6) is 0.814. The molecule has 0 aliphatic carbocycles. The van der Waals surface area contributed by atoms with Gasteiger partial charge < -0.3 is 10.1 Å². The highest BCUT2D eigenvalue weighted by Crippen LogP contribution is 2.44. The second kappa shape index (κ2) is 5.04. The fourth-order valence-electron chi connectivity index (χ4n) is 2.24. The van der Waals surface area contributed by atoms with E-state index >= 15 is 0 Å². The van der Waals surface area contributed by atoms with Gasteiger partial charge in [-0.15, -0.1) is 0 Å². The second-order valence-electron chi connectivity index (χ2n) is 4.16. The summed E-state index contributed by atoms with van der Waals surface area (Å²) in [6.07, 6.45) is 0. The summed E-state index contributed by atoms with van der Waals surface area (Å²) in [6, 6.07) is 5.81. The van der Waals surface area contributed by atoms with Crippen molar-refractivity contribution in [2.24, 2.45) is 0 Å². The highest BCUT2D eigenvalue weighted by atomic mass is 79.9. The number of benzene rings is 1. The topological polar surface area (TPSA) is 26.2 Å². The molecule has 0 amide bonds. The molecule has 2 aromatic rings. The van der Waals surface area contributed by atoms with E-state index in [1.165, 1.54) is 0 Å². The van der Waals surface area contributed by atoms with Crippen molar-refractivity contribution >= 4 is 49.1 Å². The first-order valence-electron chi connectivity index (χ1n) is 5.88. The molecule has 1 aromatic carbocycles. The van der Waals surface area contributed by atoms with Crippen LogP contribution in [0.5, 0.6) is 5.88 Å². The number of rotatable bonds is 2. The van der Waals surface area contributed by atoms with E-state index in [1.807, 2.05) is 25.1 Å². The number of fused-ring (bicyclic) bond motifs is 3. The van der Waals surface area contributed by atoms with Gasteiger partial charge in [0.1, 0.15) is 0 Å². The van der Waals surface area contributed by atoms with Crippen molar-refractivity contribution in [1.82, 2.24) is 4.57 Å². The molecule has 1 aliphatic rings. The molecule has 0 fully saturated rings. The van der Waals surface area contributed by atoms with Crippen LogP contribution in [-0.2, 0) is 6.54 Å². The number of nitrogens with one attached hydrogen (secondary N) is 1. The quantitative estimate of drug-likeness (QED) is 0.761. The Morgan fingerprint density at radius 1 is 1.37 bits per heavy atom. The maximum atomic E-state index is 6.04. The smallest absolute Gasteiger partial charge is 0.214 e. The molecule has 19 heavy (non-hydrogen) atoms. The van der Waals surface area contributed by atoms with Crippen molar-refractivity contribution in [3.63, 3.8) is 0 Å². The average molecular weight is 407 g/mol. The molecule has 2 heterocycles. The molecule has 0 unspecified atom stereocenters. The van der Waals surface area contributed by atoms with Crippen LogP contribution in [0.3, 0.4) is 0 Å². The molecule has 6 heteroatoms. The van der Waals surface area contributed by atoms with Gasteiger partial charge in [-0.1, -0.05) is 11.6 Å². The molecule has 0 saturated heterocycles. The normalized spacial score (nSPS) is 12.6. The number of nitrogens with zero attached hydrogens (tertiary/aromatic N) is 1. The zero-order valence-electron chi connectivity index (χ0n) is 10.1. The lowest BCUT2D eigenvalue weighted by molar-refractivity contribution is 0.317. The average Bonchev–Trinajstić information content (AvgIpc) is 2.64. The van der Waals surface area contributed by atoms with E-state index < -0.39 is 0 Å². The van der Waals surface area contributed by atoms with Gasteiger partial charge >= 0.3 is 0 Å². The van der Waals surface area contributed by atoms with Crippen LogP contribution in [0.25, 0.3) is 5.69 Å². The Balaban J connectivity index is 2.27. The third-order valence-electron chi connectivity index (χ3n) is 3.03. The fraction of sp³-hybridized carbons (Fsp3) is 0.231. The summed E-state index contributed by atoms with van der Waals surface area (Å²) >= 11 is 13.2. The molecule has 1 aliphatic heterocycles. The molecule has 0 bridgehead atoms. The Morgan fingerprint density at radius 3 is 2.89 bits per heavy atom. The summed E-state index contributed by atoms with van der Waals surface area (Å²) in [5.41, 5.74) is 3.18. The number of ether oxygens (including phenoxy) is 1. The molecule has 3 rings (SSSR count). The standard InChI is InChI=1S/C13H11Br2ClN2O/c1-2-19-13-12(15)11(14)10-6-17-8-5-7(16)3-4-9(8)18(10)13/h3-5,17H,2,6H2,1H3. The van der Waals surface area contributed by atoms with Crippen molar-refractivity contribution < 1.29 is 4.74 Å². The van der Waals surface area contributed by atoms with Gasteiger partial charge in [-0.25, -0.2) is 0 Å². The molecule has 0 radical (unpaired) electrons. The summed E-state index contributed by atoms with van der Waals surface area (Å²) in [6.45, 7) is 3.31. The van der Waals surface area contributed by atoms with Gasteiger partial charge in [0.05, 0.1) is 39.2 Å². The van der Waals surface area contributed by atoms with E-state index in [0.29, 0.717) is 6.61 Å². The molecule has 3 nitrogen and oxygen atoms in total. The minimum atomic E-state index is 0.616. The van der Waals surface area contributed by atoms with E-state index in [1.54, 1.807) is 0 Å². The predicted molar refractivity (Wildman–Crippen MR) is 84.7 cm³/mol. The molecule has 1 N–H and O–H groups in total. The van der Waals surface area contributed by atoms with E-state index in [2.05, 4.69) is 41.7 Å². The monoisotopic (exact) mass is 404 g/mol. The molecule has 0 saturated carbocycles. The second-order valence-corrected chi connectivity index (χ2v) is 6.19. The van der Waals surface area contributed by atoms with Crippen LogP contribution in [0.15, 0.2) is 27.1 Å². The number of anilines is 1. The Morgan fingerprint density at radius 2 is 2.16 bits per heavy atom. The fourth-order valence-corrected chi connectivity index (χ4v) is 3.42. The highest BCUT2D eigenvalue weighted by molar-refractivity contribution is 9.13. The number of aromatic nitrogens is 1. The van der Waals surface area contributed by atoms with Gasteiger partial charge in [-0.05, 0) is 57.0 Å². The van der Waals surface area contributed by atoms with Crippen molar-refractivity contribution in [3.8, 4) is 11.6 Å². The van der Waals surface area contributed by atoms with Gasteiger partial charge in [-0.2, -0.15) is 0 Å². The minimum absolute atomic E-state index is 0.616. The number of hydrogen-bond acceptors (Lipinski definition) is 2. The van der Waals surface area contributed by atoms with Gasteiger partial charge in [-0.3, -0.25) is 4.57 Å². The predicted octanol–water partition coefficient (Wildman–Crippen LogP) is 4.98. The third-order valence-corrected chi connectivity index (χ3v) is 5.39. The highest BCUT2D eigenvalue weighted by Gasteiger charge is 2.26. The van der Waals surface area contributed by atoms with Crippen LogP contribution >= 0.6 is 43.5 Å². The zero-order valence-corrected chi connectivity index (χ0v) is 14.1. The van der Waals surface area contributed by atoms with Gasteiger partial charge in [0.2, 0.25) is 5.88 Å². The molecule has 1 aromatic heterocycles. The number of halogens is 3. The van der Waals surface area contributed by atoms with Crippen molar-refractivity contribution in [1.29, 1.82) is 0 Å². The SMILES string of the molecule is CCOc1c(Br)c(Br)c2n1-c1ccc(Cl)cc1NC2. The lowest BCUT2D eigenvalue weighted by atomic mass is 10.2. The maximum absolute atomic E-state index is 6.04. The molecule has 0 spiro atoms. The largest absolute Gasteiger partial charge is 0.478 e. The van der Waals surface area contributed by atoms with Crippen molar-refractivity contribution in [3.05, 3.63) is 37.9 Å². The first-order chi connectivity index (χ1) is 9.13. The Kier molecular flexibility index (Phi) is 3.53. The minimum Gasteiger partial charge on any atom is -0.478 e. The Hall–Kier alpha value is -0.650. The van der Waals surface area contributed by atoms with E-state index in [4.69, 9.17) is 16.3 Å². The summed E-state index contributed by atoms with van der Waals surface area (Å²) in [5, 5.41) is 4.09. The van der Waals surface area contributed by atoms with Gasteiger partial charge in [0.25, 0.3) is 0 Å². The van der Waals surface area contributed by atoms with Crippen molar-refractivity contribution in [2.75, 3.05) is 11.9 Å². The Bertz CT molecular complexity index is 655. The lowest BCUT2D eigenvalue weighted by Crippen LogP contribution is -2.16. The van der Waals surface area contributed by atoms with E-state index in [9.17, 15) is 0 Å². The number of hydrogen-bond donors (Lipinski definition) is 1.